The molecule has 1 aromatic heterocycles. The molecule has 2 heterocycles. The van der Waals surface area contributed by atoms with Crippen molar-refractivity contribution in [3.63, 3.8) is 0 Å². The predicted octanol–water partition coefficient (Wildman–Crippen LogP) is 3.64. The molecule has 1 aliphatic heterocycles. The van der Waals surface area contributed by atoms with Gasteiger partial charge in [-0.3, -0.25) is 4.79 Å². The molecule has 0 bridgehead atoms. The van der Waals surface area contributed by atoms with E-state index in [4.69, 9.17) is 14.1 Å². The fourth-order valence-corrected chi connectivity index (χ4v) is 3.17. The molecule has 28 heavy (non-hydrogen) atoms. The van der Waals surface area contributed by atoms with E-state index in [1.165, 1.54) is 5.56 Å². The second kappa shape index (κ2) is 7.72. The molecule has 1 atom stereocenters. The fraction of sp³-hybridized carbons (Fsp3) is 0.286. The maximum atomic E-state index is 12.7. The Bertz CT molecular complexity index is 999. The first-order valence-electron chi connectivity index (χ1n) is 9.33. The lowest BCUT2D eigenvalue weighted by atomic mass is 9.98. The van der Waals surface area contributed by atoms with Crippen LogP contribution in [0.5, 0.6) is 11.5 Å². The Labute approximate surface area is 162 Å². The van der Waals surface area contributed by atoms with Crippen molar-refractivity contribution >= 4 is 11.7 Å². The first kappa shape index (κ1) is 18.0. The third kappa shape index (κ3) is 3.43. The van der Waals surface area contributed by atoms with E-state index in [9.17, 15) is 4.79 Å². The van der Waals surface area contributed by atoms with Crippen LogP contribution >= 0.6 is 0 Å². The van der Waals surface area contributed by atoms with Crippen molar-refractivity contribution < 1.29 is 18.9 Å². The number of ether oxygens (including phenoxy) is 2. The lowest BCUT2D eigenvalue weighted by Gasteiger charge is -2.25. The molecular formula is C21H21N3O4. The van der Waals surface area contributed by atoms with Gasteiger partial charge in [0.15, 0.2) is 17.2 Å². The maximum Gasteiger partial charge on any atom is 0.270 e. The van der Waals surface area contributed by atoms with Gasteiger partial charge in [-0.1, -0.05) is 38.1 Å². The number of para-hydroxylation sites is 2. The van der Waals surface area contributed by atoms with Crippen LogP contribution in [-0.4, -0.2) is 28.9 Å². The van der Waals surface area contributed by atoms with Crippen LogP contribution < -0.4 is 14.8 Å². The number of carbonyl (C=O) groups is 1. The topological polar surface area (TPSA) is 86.5 Å². The van der Waals surface area contributed by atoms with Crippen LogP contribution in [0, 0.1) is 0 Å². The predicted molar refractivity (Wildman–Crippen MR) is 103 cm³/mol. The standard InChI is InChI=1S/C21H21N3O4/c1-3-13-9-10-14(4-2)15(11-13)19-20(24-28-23-19)22-21(25)18-12-26-16-7-5-6-8-17(16)27-18/h5-11,18H,3-4,12H2,1-2H3,(H,22,24,25). The van der Waals surface area contributed by atoms with Crippen LogP contribution in [0.15, 0.2) is 47.1 Å². The number of hydrogen-bond donors (Lipinski definition) is 1. The quantitative estimate of drug-likeness (QED) is 0.728. The summed E-state index contributed by atoms with van der Waals surface area (Å²) in [5, 5.41) is 10.7. The summed E-state index contributed by atoms with van der Waals surface area (Å²) in [4.78, 5) is 12.7. The summed E-state index contributed by atoms with van der Waals surface area (Å²) in [5.41, 5.74) is 3.70. The van der Waals surface area contributed by atoms with E-state index in [1.54, 1.807) is 12.1 Å². The third-order valence-corrected chi connectivity index (χ3v) is 4.75. The average Bonchev–Trinajstić information content (AvgIpc) is 3.20. The lowest BCUT2D eigenvalue weighted by Crippen LogP contribution is -2.40. The molecule has 1 N–H and O–H groups in total. The van der Waals surface area contributed by atoms with Gasteiger partial charge in [-0.2, -0.15) is 0 Å². The number of hydrogen-bond acceptors (Lipinski definition) is 6. The van der Waals surface area contributed by atoms with Crippen LogP contribution in [0.1, 0.15) is 25.0 Å². The third-order valence-electron chi connectivity index (χ3n) is 4.75. The molecule has 0 saturated heterocycles. The second-order valence-electron chi connectivity index (χ2n) is 6.51. The molecule has 3 aromatic rings. The summed E-state index contributed by atoms with van der Waals surface area (Å²) in [6.07, 6.45) is 0.944. The minimum Gasteiger partial charge on any atom is -0.485 e. The highest BCUT2D eigenvalue weighted by atomic mass is 16.6. The minimum absolute atomic E-state index is 0.120. The van der Waals surface area contributed by atoms with Gasteiger partial charge in [0, 0.05) is 5.56 Å². The second-order valence-corrected chi connectivity index (χ2v) is 6.51. The van der Waals surface area contributed by atoms with Gasteiger partial charge in [0.05, 0.1) is 0 Å². The molecular weight excluding hydrogens is 358 g/mol. The number of rotatable bonds is 5. The Balaban J connectivity index is 1.57. The Morgan fingerprint density at radius 3 is 2.71 bits per heavy atom. The van der Waals surface area contributed by atoms with Gasteiger partial charge < -0.3 is 14.8 Å². The molecule has 0 saturated carbocycles. The van der Waals surface area contributed by atoms with Crippen LogP contribution in [0.25, 0.3) is 11.3 Å². The van der Waals surface area contributed by atoms with Gasteiger partial charge in [-0.25, -0.2) is 4.63 Å². The average molecular weight is 379 g/mol. The number of aromatic nitrogens is 2. The van der Waals surface area contributed by atoms with Crippen molar-refractivity contribution in [1.82, 2.24) is 10.3 Å². The van der Waals surface area contributed by atoms with Crippen LogP contribution in [0.3, 0.4) is 0 Å². The molecule has 0 radical (unpaired) electrons. The van der Waals surface area contributed by atoms with Crippen molar-refractivity contribution in [3.05, 3.63) is 53.6 Å². The van der Waals surface area contributed by atoms with E-state index in [0.717, 1.165) is 24.0 Å². The molecule has 7 heteroatoms. The number of nitrogens with one attached hydrogen (secondary N) is 1. The molecule has 2 aromatic carbocycles. The van der Waals surface area contributed by atoms with Gasteiger partial charge in [-0.15, -0.1) is 0 Å². The Morgan fingerprint density at radius 1 is 1.11 bits per heavy atom. The summed E-state index contributed by atoms with van der Waals surface area (Å²) in [6.45, 7) is 4.28. The summed E-state index contributed by atoms with van der Waals surface area (Å²) in [6, 6.07) is 13.5. The van der Waals surface area contributed by atoms with Crippen molar-refractivity contribution in [2.75, 3.05) is 11.9 Å². The Kier molecular flexibility index (Phi) is 4.97. The summed E-state index contributed by atoms with van der Waals surface area (Å²) in [7, 11) is 0. The zero-order valence-corrected chi connectivity index (χ0v) is 15.8. The van der Waals surface area contributed by atoms with E-state index < -0.39 is 6.10 Å². The molecule has 7 nitrogen and oxygen atoms in total. The van der Waals surface area contributed by atoms with Crippen molar-refractivity contribution in [1.29, 1.82) is 0 Å². The highest BCUT2D eigenvalue weighted by Crippen LogP contribution is 2.32. The van der Waals surface area contributed by atoms with E-state index in [2.05, 4.69) is 47.7 Å². The van der Waals surface area contributed by atoms with Gasteiger partial charge in [-0.05, 0) is 52.5 Å². The number of anilines is 1. The normalized spacial score (nSPS) is 15.3. The lowest BCUT2D eigenvalue weighted by molar-refractivity contribution is -0.125. The van der Waals surface area contributed by atoms with Crippen LogP contribution in [0.4, 0.5) is 5.82 Å². The highest BCUT2D eigenvalue weighted by Gasteiger charge is 2.29. The van der Waals surface area contributed by atoms with Crippen molar-refractivity contribution in [2.24, 2.45) is 0 Å². The van der Waals surface area contributed by atoms with Crippen molar-refractivity contribution in [2.45, 2.75) is 32.8 Å². The van der Waals surface area contributed by atoms with Crippen LogP contribution in [-0.2, 0) is 17.6 Å². The number of carbonyl (C=O) groups excluding carboxylic acids is 1. The molecule has 4 rings (SSSR count). The number of benzene rings is 2. The number of amides is 1. The van der Waals surface area contributed by atoms with E-state index in [-0.39, 0.29) is 18.3 Å². The molecule has 0 spiro atoms. The maximum absolute atomic E-state index is 12.7. The first-order valence-corrected chi connectivity index (χ1v) is 9.33. The van der Waals surface area contributed by atoms with Gasteiger partial charge in [0.2, 0.25) is 11.9 Å². The number of fused-ring (bicyclic) bond motifs is 1. The molecule has 1 aliphatic rings. The Morgan fingerprint density at radius 2 is 1.93 bits per heavy atom. The zero-order valence-electron chi connectivity index (χ0n) is 15.8. The number of nitrogens with zero attached hydrogens (tertiary/aromatic N) is 2. The molecule has 0 aliphatic carbocycles. The zero-order chi connectivity index (χ0) is 19.5. The highest BCUT2D eigenvalue weighted by molar-refractivity contribution is 5.96. The summed E-state index contributed by atoms with van der Waals surface area (Å²) in [5.74, 6) is 1.07. The van der Waals surface area contributed by atoms with Gasteiger partial charge in [0.1, 0.15) is 6.61 Å². The van der Waals surface area contributed by atoms with E-state index in [0.29, 0.717) is 17.2 Å². The molecule has 144 valence electrons. The largest absolute Gasteiger partial charge is 0.485 e. The summed E-state index contributed by atoms with van der Waals surface area (Å²) >= 11 is 0. The van der Waals surface area contributed by atoms with Crippen LogP contribution in [0.2, 0.25) is 0 Å². The Hall–Kier alpha value is -3.35. The SMILES string of the molecule is CCc1ccc(CC)c(-c2nonc2NC(=O)C2COc3ccccc3O2)c1. The molecule has 1 unspecified atom stereocenters. The summed E-state index contributed by atoms with van der Waals surface area (Å²) < 4.78 is 16.3. The first-order chi connectivity index (χ1) is 13.7. The molecule has 0 fully saturated rings. The minimum atomic E-state index is -0.785. The fourth-order valence-electron chi connectivity index (χ4n) is 3.17. The monoisotopic (exact) mass is 379 g/mol. The van der Waals surface area contributed by atoms with Gasteiger partial charge >= 0.3 is 0 Å². The molecule has 1 amide bonds. The smallest absolute Gasteiger partial charge is 0.270 e. The van der Waals surface area contributed by atoms with Crippen molar-refractivity contribution in [3.8, 4) is 22.8 Å². The number of aryl methyl sites for hydroxylation is 2. The van der Waals surface area contributed by atoms with E-state index >= 15 is 0 Å². The van der Waals surface area contributed by atoms with E-state index in [1.807, 2.05) is 12.1 Å². The van der Waals surface area contributed by atoms with Gasteiger partial charge in [0.25, 0.3) is 5.91 Å².